The maximum atomic E-state index is 14.1. The van der Waals surface area contributed by atoms with Crippen molar-refractivity contribution in [2.24, 2.45) is 0 Å². The molecule has 0 amide bonds. The number of esters is 1. The predicted octanol–water partition coefficient (Wildman–Crippen LogP) is 6.25. The van der Waals surface area contributed by atoms with Crippen LogP contribution in [0.5, 0.6) is 0 Å². The number of aromatic nitrogens is 3. The first kappa shape index (κ1) is 26.1. The molecule has 194 valence electrons. The Bertz CT molecular complexity index is 1460. The first-order valence-electron chi connectivity index (χ1n) is 10.7. The molecule has 1 atom stereocenters. The minimum atomic E-state index is -5.01. The average Bonchev–Trinajstić information content (AvgIpc) is 3.23. The van der Waals surface area contributed by atoms with E-state index in [1.54, 1.807) is 6.07 Å². The van der Waals surface area contributed by atoms with Gasteiger partial charge >= 0.3 is 18.3 Å². The molecule has 0 bridgehead atoms. The highest BCUT2D eigenvalue weighted by Gasteiger charge is 2.43. The Morgan fingerprint density at radius 3 is 2.22 bits per heavy atom. The van der Waals surface area contributed by atoms with Gasteiger partial charge in [-0.25, -0.2) is 13.9 Å². The van der Waals surface area contributed by atoms with Gasteiger partial charge in [0.15, 0.2) is 11.3 Å². The molecule has 0 spiro atoms. The van der Waals surface area contributed by atoms with E-state index in [4.69, 9.17) is 4.74 Å². The van der Waals surface area contributed by atoms with Gasteiger partial charge in [-0.3, -0.25) is 4.79 Å². The molecule has 2 heterocycles. The second-order valence-electron chi connectivity index (χ2n) is 8.49. The van der Waals surface area contributed by atoms with Crippen LogP contribution in [0.2, 0.25) is 0 Å². The van der Waals surface area contributed by atoms with E-state index in [9.17, 15) is 35.5 Å². The molecule has 0 saturated carbocycles. The maximum Gasteiger partial charge on any atom is 0.435 e. The van der Waals surface area contributed by atoms with Crippen LogP contribution in [0.25, 0.3) is 16.8 Å². The summed E-state index contributed by atoms with van der Waals surface area (Å²) < 4.78 is 101. The second-order valence-corrected chi connectivity index (χ2v) is 8.49. The van der Waals surface area contributed by atoms with Crippen LogP contribution in [0.15, 0.2) is 60.8 Å². The number of rotatable bonds is 5. The molecule has 2 aromatic carbocycles. The van der Waals surface area contributed by atoms with Gasteiger partial charge in [-0.15, -0.1) is 0 Å². The molecule has 0 radical (unpaired) electrons. The van der Waals surface area contributed by atoms with Gasteiger partial charge in [-0.2, -0.15) is 31.4 Å². The fourth-order valence-electron chi connectivity index (χ4n) is 4.20. The Labute approximate surface area is 205 Å². The van der Waals surface area contributed by atoms with Crippen molar-refractivity contribution in [2.75, 3.05) is 7.11 Å². The van der Waals surface area contributed by atoms with Crippen molar-refractivity contribution in [1.29, 1.82) is 0 Å². The Hall–Kier alpha value is -3.96. The molecular formula is C25H18F7N3O2. The van der Waals surface area contributed by atoms with E-state index in [2.05, 4.69) is 10.1 Å². The van der Waals surface area contributed by atoms with Crippen molar-refractivity contribution in [2.45, 2.75) is 31.1 Å². The number of halogens is 7. The lowest BCUT2D eigenvalue weighted by molar-refractivity contribution is -0.147. The summed E-state index contributed by atoms with van der Waals surface area (Å²) in [6.45, 7) is 1.41. The number of fused-ring (bicyclic) bond motifs is 1. The fraction of sp³-hybridized carbons (Fsp3) is 0.240. The number of hydrogen-bond acceptors (Lipinski definition) is 4. The van der Waals surface area contributed by atoms with Gasteiger partial charge in [0.2, 0.25) is 0 Å². The lowest BCUT2D eigenvalue weighted by Gasteiger charge is -2.27. The summed E-state index contributed by atoms with van der Waals surface area (Å²) in [5, 5.41) is 3.70. The third-order valence-electron chi connectivity index (χ3n) is 5.94. The lowest BCUT2D eigenvalue weighted by Crippen LogP contribution is -2.38. The van der Waals surface area contributed by atoms with Crippen molar-refractivity contribution < 1.29 is 40.3 Å². The second kappa shape index (κ2) is 9.16. The van der Waals surface area contributed by atoms with Crippen LogP contribution in [0.4, 0.5) is 30.7 Å². The molecule has 0 saturated heterocycles. The van der Waals surface area contributed by atoms with Gasteiger partial charge in [0.25, 0.3) is 0 Å². The molecule has 12 heteroatoms. The maximum absolute atomic E-state index is 14.1. The topological polar surface area (TPSA) is 56.5 Å². The molecule has 0 unspecified atom stereocenters. The van der Waals surface area contributed by atoms with E-state index < -0.39 is 46.4 Å². The Morgan fingerprint density at radius 1 is 0.973 bits per heavy atom. The normalized spacial score (nSPS) is 14.0. The molecule has 0 aliphatic carbocycles. The first-order valence-corrected chi connectivity index (χ1v) is 10.7. The number of hydrogen-bond donors (Lipinski definition) is 0. The van der Waals surface area contributed by atoms with Crippen LogP contribution < -0.4 is 0 Å². The number of ether oxygens (including phenoxy) is 1. The van der Waals surface area contributed by atoms with E-state index in [0.29, 0.717) is 17.7 Å². The first-order chi connectivity index (χ1) is 17.3. The number of nitrogens with zero attached hydrogens (tertiary/aromatic N) is 3. The molecule has 0 N–H and O–H groups in total. The van der Waals surface area contributed by atoms with Gasteiger partial charge in [-0.05, 0) is 54.8 Å². The molecule has 0 aliphatic heterocycles. The Kier molecular flexibility index (Phi) is 6.47. The number of alkyl halides is 6. The summed E-state index contributed by atoms with van der Waals surface area (Å²) in [5.41, 5.74) is -4.85. The highest BCUT2D eigenvalue weighted by atomic mass is 19.4. The van der Waals surface area contributed by atoms with Crippen molar-refractivity contribution in [3.63, 3.8) is 0 Å². The third-order valence-corrected chi connectivity index (χ3v) is 5.94. The summed E-state index contributed by atoms with van der Waals surface area (Å²) in [6, 6.07) is 9.74. The minimum Gasteiger partial charge on any atom is -0.468 e. The predicted molar refractivity (Wildman–Crippen MR) is 118 cm³/mol. The lowest BCUT2D eigenvalue weighted by atomic mass is 9.80. The monoisotopic (exact) mass is 525 g/mol. The molecule has 5 nitrogen and oxygen atoms in total. The number of methoxy groups -OCH3 is 1. The fourth-order valence-corrected chi connectivity index (χ4v) is 4.20. The Morgan fingerprint density at radius 2 is 1.65 bits per heavy atom. The van der Waals surface area contributed by atoms with E-state index >= 15 is 0 Å². The highest BCUT2D eigenvalue weighted by Crippen LogP contribution is 2.41. The summed E-state index contributed by atoms with van der Waals surface area (Å²) in [4.78, 5) is 17.0. The smallest absolute Gasteiger partial charge is 0.435 e. The summed E-state index contributed by atoms with van der Waals surface area (Å²) in [5.74, 6) is -1.41. The van der Waals surface area contributed by atoms with E-state index in [1.807, 2.05) is 0 Å². The largest absolute Gasteiger partial charge is 0.468 e. The SMILES string of the molecule is COC(=O)[C@](C)(Cc1cccc(F)c1)c1ccnc2c(-c3ccc(C(F)(F)F)cc3)c(C(F)(F)F)nn12. The summed E-state index contributed by atoms with van der Waals surface area (Å²) in [6.07, 6.45) is -8.69. The van der Waals surface area contributed by atoms with Gasteiger partial charge < -0.3 is 4.74 Å². The number of carbonyl (C=O) groups is 1. The van der Waals surface area contributed by atoms with Crippen molar-refractivity contribution >= 4 is 11.6 Å². The van der Waals surface area contributed by atoms with Crippen LogP contribution >= 0.6 is 0 Å². The molecular weight excluding hydrogens is 507 g/mol. The molecule has 37 heavy (non-hydrogen) atoms. The Balaban J connectivity index is 1.97. The van der Waals surface area contributed by atoms with Crippen LogP contribution in [-0.4, -0.2) is 27.7 Å². The van der Waals surface area contributed by atoms with Crippen molar-refractivity contribution in [1.82, 2.24) is 14.6 Å². The molecule has 0 aliphatic rings. The molecule has 4 rings (SSSR count). The van der Waals surface area contributed by atoms with E-state index in [0.717, 1.165) is 30.0 Å². The van der Waals surface area contributed by atoms with Gasteiger partial charge in [-0.1, -0.05) is 24.3 Å². The minimum absolute atomic E-state index is 0.0442. The third kappa shape index (κ3) is 4.87. The standard InChI is InChI=1S/C25H18F7N3O2/c1-23(22(36)37-2,13-14-4-3-5-17(26)12-14)18-10-11-33-21-19(20(25(30,31)32)34-35(18)21)15-6-8-16(9-7-15)24(27,28)29/h3-12H,13H2,1-2H3/t23-/m1/s1. The average molecular weight is 525 g/mol. The molecule has 0 fully saturated rings. The van der Waals surface area contributed by atoms with Crippen LogP contribution in [0.1, 0.15) is 29.4 Å². The number of carbonyl (C=O) groups excluding carboxylic acids is 1. The van der Waals surface area contributed by atoms with Crippen molar-refractivity contribution in [3.8, 4) is 11.1 Å². The van der Waals surface area contributed by atoms with Gasteiger partial charge in [0.1, 0.15) is 11.2 Å². The summed E-state index contributed by atoms with van der Waals surface area (Å²) in [7, 11) is 1.10. The van der Waals surface area contributed by atoms with E-state index in [-0.39, 0.29) is 23.3 Å². The van der Waals surface area contributed by atoms with Gasteiger partial charge in [0, 0.05) is 6.20 Å². The summed E-state index contributed by atoms with van der Waals surface area (Å²) >= 11 is 0. The zero-order valence-electron chi connectivity index (χ0n) is 19.3. The van der Waals surface area contributed by atoms with E-state index in [1.165, 1.54) is 31.2 Å². The number of benzene rings is 2. The van der Waals surface area contributed by atoms with Gasteiger partial charge in [0.05, 0.1) is 23.9 Å². The molecule has 2 aromatic heterocycles. The van der Waals surface area contributed by atoms with Crippen LogP contribution in [0.3, 0.4) is 0 Å². The zero-order chi connectivity index (χ0) is 27.2. The quantitative estimate of drug-likeness (QED) is 0.229. The van der Waals surface area contributed by atoms with Crippen LogP contribution in [-0.2, 0) is 33.7 Å². The molecule has 4 aromatic rings. The highest BCUT2D eigenvalue weighted by molar-refractivity contribution is 5.85. The van der Waals surface area contributed by atoms with Crippen molar-refractivity contribution in [3.05, 3.63) is 89.1 Å². The zero-order valence-corrected chi connectivity index (χ0v) is 19.3. The van der Waals surface area contributed by atoms with Crippen LogP contribution in [0, 0.1) is 5.82 Å².